The normalized spacial score (nSPS) is 13.0. The molecule has 102 valence electrons. The predicted octanol–water partition coefficient (Wildman–Crippen LogP) is 4.07. The highest BCUT2D eigenvalue weighted by atomic mass is 79.9. The minimum Gasteiger partial charge on any atom is -0.319 e. The zero-order valence-electron chi connectivity index (χ0n) is 10.6. The maximum atomic E-state index is 14.0. The van der Waals surface area contributed by atoms with Crippen molar-refractivity contribution in [3.05, 3.63) is 51.0 Å². The van der Waals surface area contributed by atoms with E-state index in [0.29, 0.717) is 20.8 Å². The number of aromatic nitrogens is 2. The van der Waals surface area contributed by atoms with E-state index in [4.69, 9.17) is 17.3 Å². The van der Waals surface area contributed by atoms with Crippen LogP contribution in [0.1, 0.15) is 37.2 Å². The molecule has 1 unspecified atom stereocenters. The SMILES string of the molecule is CC(C)n1ncc(Cl)c1C(N)c1c(F)cccc1Br. The van der Waals surface area contributed by atoms with Crippen molar-refractivity contribution in [1.82, 2.24) is 9.78 Å². The second-order valence-corrected chi connectivity index (χ2v) is 5.79. The summed E-state index contributed by atoms with van der Waals surface area (Å²) in [4.78, 5) is 0. The van der Waals surface area contributed by atoms with Crippen LogP contribution in [0.5, 0.6) is 0 Å². The highest BCUT2D eigenvalue weighted by Crippen LogP contribution is 2.33. The van der Waals surface area contributed by atoms with Crippen LogP contribution >= 0.6 is 27.5 Å². The van der Waals surface area contributed by atoms with Gasteiger partial charge in [0.05, 0.1) is 23.0 Å². The average molecular weight is 347 g/mol. The molecule has 1 heterocycles. The maximum Gasteiger partial charge on any atom is 0.129 e. The molecule has 2 rings (SSSR count). The highest BCUT2D eigenvalue weighted by Gasteiger charge is 2.24. The Labute approximate surface area is 124 Å². The largest absolute Gasteiger partial charge is 0.319 e. The van der Waals surface area contributed by atoms with Crippen molar-refractivity contribution in [1.29, 1.82) is 0 Å². The Morgan fingerprint density at radius 2 is 2.11 bits per heavy atom. The molecule has 0 bridgehead atoms. The summed E-state index contributed by atoms with van der Waals surface area (Å²) in [6.45, 7) is 3.94. The first-order valence-corrected chi connectivity index (χ1v) is 7.03. The first-order valence-electron chi connectivity index (χ1n) is 5.86. The van der Waals surface area contributed by atoms with E-state index in [-0.39, 0.29) is 11.9 Å². The van der Waals surface area contributed by atoms with Crippen LogP contribution in [0.25, 0.3) is 0 Å². The fraction of sp³-hybridized carbons (Fsp3) is 0.308. The fourth-order valence-electron chi connectivity index (χ4n) is 2.00. The van der Waals surface area contributed by atoms with E-state index in [1.807, 2.05) is 13.8 Å². The average Bonchev–Trinajstić information content (AvgIpc) is 2.70. The van der Waals surface area contributed by atoms with Crippen LogP contribution in [-0.4, -0.2) is 9.78 Å². The monoisotopic (exact) mass is 345 g/mol. The number of hydrogen-bond acceptors (Lipinski definition) is 2. The van der Waals surface area contributed by atoms with Gasteiger partial charge in [-0.05, 0) is 26.0 Å². The summed E-state index contributed by atoms with van der Waals surface area (Å²) in [5.74, 6) is -0.366. The molecule has 0 saturated carbocycles. The molecule has 2 N–H and O–H groups in total. The Balaban J connectivity index is 2.56. The molecule has 0 aliphatic heterocycles. The number of nitrogens with two attached hydrogens (primary N) is 1. The van der Waals surface area contributed by atoms with Crippen molar-refractivity contribution >= 4 is 27.5 Å². The van der Waals surface area contributed by atoms with E-state index in [0.717, 1.165) is 0 Å². The van der Waals surface area contributed by atoms with E-state index in [9.17, 15) is 4.39 Å². The van der Waals surface area contributed by atoms with Gasteiger partial charge in [0.2, 0.25) is 0 Å². The second kappa shape index (κ2) is 5.61. The summed E-state index contributed by atoms with van der Waals surface area (Å²) in [6, 6.07) is 4.18. The van der Waals surface area contributed by atoms with Gasteiger partial charge < -0.3 is 5.73 Å². The van der Waals surface area contributed by atoms with Gasteiger partial charge in [0.15, 0.2) is 0 Å². The van der Waals surface area contributed by atoms with Gasteiger partial charge in [0.1, 0.15) is 5.82 Å². The number of nitrogens with zero attached hydrogens (tertiary/aromatic N) is 2. The molecule has 19 heavy (non-hydrogen) atoms. The number of hydrogen-bond donors (Lipinski definition) is 1. The summed E-state index contributed by atoms with van der Waals surface area (Å²) in [7, 11) is 0. The van der Waals surface area contributed by atoms with Crippen LogP contribution in [0.15, 0.2) is 28.9 Å². The molecular formula is C13H14BrClFN3. The number of benzene rings is 1. The van der Waals surface area contributed by atoms with E-state index in [1.165, 1.54) is 12.3 Å². The minimum atomic E-state index is -0.673. The first kappa shape index (κ1) is 14.5. The molecular weight excluding hydrogens is 333 g/mol. The Hall–Kier alpha value is -0.910. The van der Waals surface area contributed by atoms with E-state index >= 15 is 0 Å². The zero-order valence-corrected chi connectivity index (χ0v) is 12.9. The van der Waals surface area contributed by atoms with Gasteiger partial charge in [-0.1, -0.05) is 33.6 Å². The third-order valence-electron chi connectivity index (χ3n) is 2.88. The van der Waals surface area contributed by atoms with Gasteiger partial charge in [0, 0.05) is 16.1 Å². The summed E-state index contributed by atoms with van der Waals surface area (Å²) in [5, 5.41) is 4.63. The van der Waals surface area contributed by atoms with Gasteiger partial charge >= 0.3 is 0 Å². The molecule has 1 aromatic carbocycles. The molecule has 0 amide bonds. The van der Waals surface area contributed by atoms with E-state index in [2.05, 4.69) is 21.0 Å². The molecule has 0 radical (unpaired) electrons. The van der Waals surface area contributed by atoms with Crippen LogP contribution in [0.4, 0.5) is 4.39 Å². The molecule has 3 nitrogen and oxygen atoms in total. The van der Waals surface area contributed by atoms with Crippen molar-refractivity contribution < 1.29 is 4.39 Å². The second-order valence-electron chi connectivity index (χ2n) is 4.53. The molecule has 0 spiro atoms. The van der Waals surface area contributed by atoms with Crippen molar-refractivity contribution in [2.24, 2.45) is 5.73 Å². The molecule has 0 fully saturated rings. The molecule has 0 aliphatic rings. The lowest BCUT2D eigenvalue weighted by atomic mass is 10.0. The van der Waals surface area contributed by atoms with Crippen molar-refractivity contribution in [3.8, 4) is 0 Å². The van der Waals surface area contributed by atoms with E-state index in [1.54, 1.807) is 16.8 Å². The van der Waals surface area contributed by atoms with Crippen LogP contribution < -0.4 is 5.73 Å². The van der Waals surface area contributed by atoms with E-state index < -0.39 is 6.04 Å². The molecule has 1 atom stereocenters. The van der Waals surface area contributed by atoms with Crippen molar-refractivity contribution in [2.45, 2.75) is 25.9 Å². The van der Waals surface area contributed by atoms with Crippen LogP contribution in [-0.2, 0) is 0 Å². The lowest BCUT2D eigenvalue weighted by Crippen LogP contribution is -2.20. The first-order chi connectivity index (χ1) is 8.93. The fourth-order valence-corrected chi connectivity index (χ4v) is 2.83. The summed E-state index contributed by atoms with van der Waals surface area (Å²) < 4.78 is 16.3. The number of rotatable bonds is 3. The summed E-state index contributed by atoms with van der Waals surface area (Å²) >= 11 is 9.46. The molecule has 1 aromatic heterocycles. The third kappa shape index (κ3) is 2.68. The molecule has 2 aromatic rings. The Morgan fingerprint density at radius 1 is 1.42 bits per heavy atom. The molecule has 0 saturated heterocycles. The Morgan fingerprint density at radius 3 is 2.68 bits per heavy atom. The quantitative estimate of drug-likeness (QED) is 0.910. The summed E-state index contributed by atoms with van der Waals surface area (Å²) in [5.41, 5.74) is 7.18. The van der Waals surface area contributed by atoms with Gasteiger partial charge in [-0.2, -0.15) is 5.10 Å². The Bertz CT molecular complexity index is 577. The minimum absolute atomic E-state index is 0.0964. The van der Waals surface area contributed by atoms with Crippen molar-refractivity contribution in [3.63, 3.8) is 0 Å². The Kier molecular flexibility index (Phi) is 4.28. The number of halogens is 3. The molecule has 0 aliphatic carbocycles. The zero-order chi connectivity index (χ0) is 14.2. The topological polar surface area (TPSA) is 43.8 Å². The van der Waals surface area contributed by atoms with Crippen LogP contribution in [0.2, 0.25) is 5.02 Å². The van der Waals surface area contributed by atoms with Gasteiger partial charge in [-0.25, -0.2) is 4.39 Å². The van der Waals surface area contributed by atoms with Gasteiger partial charge in [0.25, 0.3) is 0 Å². The lowest BCUT2D eigenvalue weighted by Gasteiger charge is -2.19. The van der Waals surface area contributed by atoms with Gasteiger partial charge in [-0.15, -0.1) is 0 Å². The lowest BCUT2D eigenvalue weighted by molar-refractivity contribution is 0.493. The predicted molar refractivity (Wildman–Crippen MR) is 77.8 cm³/mol. The van der Waals surface area contributed by atoms with Crippen LogP contribution in [0, 0.1) is 5.82 Å². The van der Waals surface area contributed by atoms with Gasteiger partial charge in [-0.3, -0.25) is 4.68 Å². The van der Waals surface area contributed by atoms with Crippen LogP contribution in [0.3, 0.4) is 0 Å². The smallest absolute Gasteiger partial charge is 0.129 e. The molecule has 6 heteroatoms. The summed E-state index contributed by atoms with van der Waals surface area (Å²) in [6.07, 6.45) is 1.53. The highest BCUT2D eigenvalue weighted by molar-refractivity contribution is 9.10. The third-order valence-corrected chi connectivity index (χ3v) is 3.86. The van der Waals surface area contributed by atoms with Crippen molar-refractivity contribution in [2.75, 3.05) is 0 Å². The maximum absolute atomic E-state index is 14.0. The standard InChI is InChI=1S/C13H14BrClFN3/c1-7(2)19-13(9(15)6-18-19)12(17)11-8(14)4-3-5-10(11)16/h3-7,12H,17H2,1-2H3.